The number of nitrogens with zero attached hydrogens (tertiary/aromatic N) is 4. The second-order valence-corrected chi connectivity index (χ2v) is 9.56. The SMILES string of the molecule is CS(=O)c1cccc(-c2cnn3cc(-c4ccc(CN5CCCCC5)cc4)cnc23)c1. The maximum Gasteiger partial charge on any atom is 0.162 e. The van der Waals surface area contributed by atoms with Gasteiger partial charge in [0.2, 0.25) is 0 Å². The van der Waals surface area contributed by atoms with Gasteiger partial charge in [0.15, 0.2) is 5.65 Å². The lowest BCUT2D eigenvalue weighted by Crippen LogP contribution is -2.28. The quantitative estimate of drug-likeness (QED) is 0.457. The Morgan fingerprint density at radius 2 is 1.74 bits per heavy atom. The average Bonchev–Trinajstić information content (AvgIpc) is 3.24. The van der Waals surface area contributed by atoms with Gasteiger partial charge in [-0.15, -0.1) is 0 Å². The van der Waals surface area contributed by atoms with E-state index < -0.39 is 10.8 Å². The zero-order chi connectivity index (χ0) is 21.2. The van der Waals surface area contributed by atoms with Gasteiger partial charge in [-0.1, -0.05) is 42.8 Å². The second-order valence-electron chi connectivity index (χ2n) is 8.18. The van der Waals surface area contributed by atoms with Gasteiger partial charge in [0.05, 0.1) is 6.20 Å². The summed E-state index contributed by atoms with van der Waals surface area (Å²) in [4.78, 5) is 8.05. The van der Waals surface area contributed by atoms with E-state index in [1.807, 2.05) is 47.4 Å². The lowest BCUT2D eigenvalue weighted by Gasteiger charge is -2.26. The Kier molecular flexibility index (Phi) is 5.66. The largest absolute Gasteiger partial charge is 0.299 e. The van der Waals surface area contributed by atoms with Gasteiger partial charge in [0.1, 0.15) is 0 Å². The summed E-state index contributed by atoms with van der Waals surface area (Å²) in [5.74, 6) is 0. The van der Waals surface area contributed by atoms with E-state index in [0.717, 1.165) is 39.3 Å². The van der Waals surface area contributed by atoms with Crippen molar-refractivity contribution in [1.82, 2.24) is 19.5 Å². The van der Waals surface area contributed by atoms with Gasteiger partial charge < -0.3 is 0 Å². The molecule has 1 fully saturated rings. The molecule has 1 saturated heterocycles. The summed E-state index contributed by atoms with van der Waals surface area (Å²) in [5.41, 5.74) is 6.24. The fourth-order valence-corrected chi connectivity index (χ4v) is 4.81. The fourth-order valence-electron chi connectivity index (χ4n) is 4.25. The number of likely N-dealkylation sites (tertiary alicyclic amines) is 1. The maximum atomic E-state index is 11.8. The lowest BCUT2D eigenvalue weighted by molar-refractivity contribution is 0.221. The monoisotopic (exact) mass is 430 g/mol. The Balaban J connectivity index is 1.39. The van der Waals surface area contributed by atoms with E-state index >= 15 is 0 Å². The van der Waals surface area contributed by atoms with Crippen molar-refractivity contribution >= 4 is 16.4 Å². The number of aromatic nitrogens is 3. The summed E-state index contributed by atoms with van der Waals surface area (Å²) >= 11 is 0. The van der Waals surface area contributed by atoms with E-state index in [-0.39, 0.29) is 0 Å². The van der Waals surface area contributed by atoms with E-state index in [1.165, 1.54) is 37.9 Å². The van der Waals surface area contributed by atoms with Crippen molar-refractivity contribution in [1.29, 1.82) is 0 Å². The molecule has 1 aliphatic rings. The number of rotatable bonds is 5. The van der Waals surface area contributed by atoms with Gasteiger partial charge in [-0.25, -0.2) is 9.50 Å². The highest BCUT2D eigenvalue weighted by molar-refractivity contribution is 7.84. The molecule has 0 bridgehead atoms. The molecule has 2 aromatic carbocycles. The highest BCUT2D eigenvalue weighted by atomic mass is 32.2. The first kappa shape index (κ1) is 20.1. The molecule has 1 unspecified atom stereocenters. The van der Waals surface area contributed by atoms with Crippen molar-refractivity contribution in [2.24, 2.45) is 0 Å². The molecule has 4 aromatic rings. The van der Waals surface area contributed by atoms with Gasteiger partial charge in [-0.3, -0.25) is 9.11 Å². The summed E-state index contributed by atoms with van der Waals surface area (Å²) in [7, 11) is -1.02. The molecular formula is C25H26N4OS. The first-order valence-electron chi connectivity index (χ1n) is 10.8. The first-order valence-corrected chi connectivity index (χ1v) is 12.3. The minimum absolute atomic E-state index is 0.796. The van der Waals surface area contributed by atoms with Gasteiger partial charge >= 0.3 is 0 Å². The molecule has 0 amide bonds. The van der Waals surface area contributed by atoms with Crippen LogP contribution in [0.1, 0.15) is 24.8 Å². The minimum atomic E-state index is -1.02. The van der Waals surface area contributed by atoms with Crippen LogP contribution in [0.15, 0.2) is 72.0 Å². The highest BCUT2D eigenvalue weighted by Crippen LogP contribution is 2.27. The van der Waals surface area contributed by atoms with Gasteiger partial charge in [-0.2, -0.15) is 5.10 Å². The standard InChI is InChI=1S/C25H26N4OS/c1-31(30)23-7-5-6-21(14-23)24-16-27-29-18-22(15-26-25(24)29)20-10-8-19(9-11-20)17-28-12-3-2-4-13-28/h5-11,14-16,18H,2-4,12-13,17H2,1H3. The van der Waals surface area contributed by atoms with Crippen LogP contribution < -0.4 is 0 Å². The van der Waals surface area contributed by atoms with E-state index in [9.17, 15) is 4.21 Å². The molecular weight excluding hydrogens is 404 g/mol. The van der Waals surface area contributed by atoms with E-state index in [2.05, 4.69) is 34.3 Å². The Morgan fingerprint density at radius 3 is 2.52 bits per heavy atom. The highest BCUT2D eigenvalue weighted by Gasteiger charge is 2.12. The predicted molar refractivity (Wildman–Crippen MR) is 125 cm³/mol. The van der Waals surface area contributed by atoms with Crippen molar-refractivity contribution in [3.8, 4) is 22.3 Å². The zero-order valence-corrected chi connectivity index (χ0v) is 18.5. The number of hydrogen-bond acceptors (Lipinski definition) is 4. The van der Waals surface area contributed by atoms with Crippen LogP contribution in [0, 0.1) is 0 Å². The van der Waals surface area contributed by atoms with E-state index in [4.69, 9.17) is 4.98 Å². The van der Waals surface area contributed by atoms with Crippen molar-refractivity contribution in [3.05, 3.63) is 72.7 Å². The summed E-state index contributed by atoms with van der Waals surface area (Å²) in [6.45, 7) is 3.45. The Bertz CT molecular complexity index is 1230. The molecule has 0 aliphatic carbocycles. The van der Waals surface area contributed by atoms with Crippen LogP contribution in [0.4, 0.5) is 0 Å². The van der Waals surface area contributed by atoms with Crippen LogP contribution in [0.3, 0.4) is 0 Å². The normalized spacial score (nSPS) is 15.9. The summed E-state index contributed by atoms with van der Waals surface area (Å²) in [6, 6.07) is 16.5. The third kappa shape index (κ3) is 4.31. The second kappa shape index (κ2) is 8.73. The van der Waals surface area contributed by atoms with Crippen molar-refractivity contribution in [2.45, 2.75) is 30.7 Å². The number of piperidine rings is 1. The third-order valence-corrected chi connectivity index (χ3v) is 6.89. The molecule has 1 aliphatic heterocycles. The first-order chi connectivity index (χ1) is 15.2. The van der Waals surface area contributed by atoms with Crippen molar-refractivity contribution in [2.75, 3.05) is 19.3 Å². The Labute approximate surface area is 185 Å². The summed E-state index contributed by atoms with van der Waals surface area (Å²) in [6.07, 6.45) is 11.4. The smallest absolute Gasteiger partial charge is 0.162 e. The summed E-state index contributed by atoms with van der Waals surface area (Å²) < 4.78 is 13.7. The molecule has 5 nitrogen and oxygen atoms in total. The van der Waals surface area contributed by atoms with Crippen molar-refractivity contribution < 1.29 is 4.21 Å². The minimum Gasteiger partial charge on any atom is -0.299 e. The third-order valence-electron chi connectivity index (χ3n) is 5.98. The van der Waals surface area contributed by atoms with Crippen LogP contribution in [-0.2, 0) is 17.3 Å². The molecule has 0 spiro atoms. The molecule has 158 valence electrons. The molecule has 0 N–H and O–H groups in total. The van der Waals surface area contributed by atoms with Gasteiger partial charge in [-0.05, 0) is 54.8 Å². The van der Waals surface area contributed by atoms with Crippen LogP contribution in [0.2, 0.25) is 0 Å². The van der Waals surface area contributed by atoms with Crippen LogP contribution in [0.25, 0.3) is 27.9 Å². The number of fused-ring (bicyclic) bond motifs is 1. The van der Waals surface area contributed by atoms with E-state index in [0.29, 0.717) is 0 Å². The molecule has 31 heavy (non-hydrogen) atoms. The number of benzene rings is 2. The molecule has 2 aromatic heterocycles. The van der Waals surface area contributed by atoms with Gasteiger partial charge in [0, 0.05) is 52.0 Å². The fraction of sp³-hybridized carbons (Fsp3) is 0.280. The summed E-state index contributed by atoms with van der Waals surface area (Å²) in [5, 5.41) is 4.52. The van der Waals surface area contributed by atoms with Gasteiger partial charge in [0.25, 0.3) is 0 Å². The molecule has 0 saturated carbocycles. The molecule has 6 heteroatoms. The maximum absolute atomic E-state index is 11.8. The topological polar surface area (TPSA) is 50.5 Å². The Hall–Kier alpha value is -2.83. The molecule has 5 rings (SSSR count). The Morgan fingerprint density at radius 1 is 0.935 bits per heavy atom. The molecule has 0 radical (unpaired) electrons. The van der Waals surface area contributed by atoms with Crippen LogP contribution in [0.5, 0.6) is 0 Å². The van der Waals surface area contributed by atoms with Crippen molar-refractivity contribution in [3.63, 3.8) is 0 Å². The number of hydrogen-bond donors (Lipinski definition) is 0. The predicted octanol–water partition coefficient (Wildman–Crippen LogP) is 4.79. The van der Waals surface area contributed by atoms with Crippen LogP contribution >= 0.6 is 0 Å². The zero-order valence-electron chi connectivity index (χ0n) is 17.7. The average molecular weight is 431 g/mol. The molecule has 1 atom stereocenters. The van der Waals surface area contributed by atoms with E-state index in [1.54, 1.807) is 6.26 Å². The van der Waals surface area contributed by atoms with Crippen LogP contribution in [-0.4, -0.2) is 43.1 Å². The molecule has 3 heterocycles. The lowest BCUT2D eigenvalue weighted by atomic mass is 10.1.